The Balaban J connectivity index is 1.42. The van der Waals surface area contributed by atoms with Crippen molar-refractivity contribution in [2.75, 3.05) is 37.6 Å². The molecule has 5 nitrogen and oxygen atoms in total. The molecule has 2 aromatic heterocycles. The van der Waals surface area contributed by atoms with Crippen molar-refractivity contribution in [1.29, 1.82) is 5.26 Å². The summed E-state index contributed by atoms with van der Waals surface area (Å²) >= 11 is 0. The zero-order valence-corrected chi connectivity index (χ0v) is 13.2. The molecule has 5 heteroatoms. The molecule has 0 aromatic carbocycles. The molecule has 3 rings (SSSR count). The van der Waals surface area contributed by atoms with Gasteiger partial charge in [0.1, 0.15) is 11.9 Å². The first-order valence-corrected chi connectivity index (χ1v) is 8.07. The summed E-state index contributed by atoms with van der Waals surface area (Å²) in [6.07, 6.45) is 7.68. The highest BCUT2D eigenvalue weighted by atomic mass is 15.3. The van der Waals surface area contributed by atoms with E-state index in [-0.39, 0.29) is 0 Å². The normalized spacial score (nSPS) is 15.3. The predicted octanol–water partition coefficient (Wildman–Crippen LogP) is 2.10. The van der Waals surface area contributed by atoms with Crippen LogP contribution in [0.3, 0.4) is 0 Å². The Labute approximate surface area is 137 Å². The van der Waals surface area contributed by atoms with E-state index >= 15 is 0 Å². The summed E-state index contributed by atoms with van der Waals surface area (Å²) in [5.41, 5.74) is 1.93. The summed E-state index contributed by atoms with van der Waals surface area (Å²) in [6.45, 7) is 5.24. The van der Waals surface area contributed by atoms with E-state index in [0.29, 0.717) is 5.56 Å². The van der Waals surface area contributed by atoms with Crippen molar-refractivity contribution < 1.29 is 0 Å². The van der Waals surface area contributed by atoms with Crippen molar-refractivity contribution >= 4 is 5.82 Å². The third kappa shape index (κ3) is 4.27. The van der Waals surface area contributed by atoms with Crippen LogP contribution < -0.4 is 4.90 Å². The summed E-state index contributed by atoms with van der Waals surface area (Å²) in [7, 11) is 0. The van der Waals surface area contributed by atoms with E-state index in [9.17, 15) is 0 Å². The SMILES string of the molecule is N#Cc1ccc(N2CCN(CCCc3cccnc3)CC2)nc1. The molecule has 2 aromatic rings. The average Bonchev–Trinajstić information content (AvgIpc) is 2.63. The number of pyridine rings is 2. The number of aromatic nitrogens is 2. The van der Waals surface area contributed by atoms with Crippen LogP contribution in [0, 0.1) is 11.3 Å². The highest BCUT2D eigenvalue weighted by Gasteiger charge is 2.17. The van der Waals surface area contributed by atoms with E-state index in [1.54, 1.807) is 6.20 Å². The molecule has 118 valence electrons. The van der Waals surface area contributed by atoms with E-state index in [1.807, 2.05) is 30.6 Å². The molecule has 0 saturated carbocycles. The lowest BCUT2D eigenvalue weighted by Crippen LogP contribution is -2.47. The Morgan fingerprint density at radius 1 is 1.09 bits per heavy atom. The van der Waals surface area contributed by atoms with Gasteiger partial charge >= 0.3 is 0 Å². The summed E-state index contributed by atoms with van der Waals surface area (Å²) in [4.78, 5) is 13.3. The summed E-state index contributed by atoms with van der Waals surface area (Å²) < 4.78 is 0. The fourth-order valence-electron chi connectivity index (χ4n) is 2.89. The number of nitriles is 1. The van der Waals surface area contributed by atoms with Crippen LogP contribution in [0.1, 0.15) is 17.5 Å². The summed E-state index contributed by atoms with van der Waals surface area (Å²) in [6, 6.07) is 10.0. The number of piperazine rings is 1. The van der Waals surface area contributed by atoms with E-state index < -0.39 is 0 Å². The Hall–Kier alpha value is -2.45. The zero-order chi connectivity index (χ0) is 15.9. The van der Waals surface area contributed by atoms with Crippen LogP contribution >= 0.6 is 0 Å². The highest BCUT2D eigenvalue weighted by Crippen LogP contribution is 2.14. The fraction of sp³-hybridized carbons (Fsp3) is 0.389. The quantitative estimate of drug-likeness (QED) is 0.847. The van der Waals surface area contributed by atoms with Gasteiger partial charge in [-0.1, -0.05) is 6.07 Å². The largest absolute Gasteiger partial charge is 0.354 e. The van der Waals surface area contributed by atoms with E-state index in [2.05, 4.69) is 31.9 Å². The third-order valence-electron chi connectivity index (χ3n) is 4.24. The second-order valence-electron chi connectivity index (χ2n) is 5.81. The molecule has 1 saturated heterocycles. The maximum Gasteiger partial charge on any atom is 0.128 e. The first-order chi connectivity index (χ1) is 11.3. The first kappa shape index (κ1) is 15.4. The Morgan fingerprint density at radius 3 is 2.61 bits per heavy atom. The molecule has 0 spiro atoms. The Kier molecular flexibility index (Phi) is 5.17. The molecule has 0 bridgehead atoms. The molecular formula is C18H21N5. The van der Waals surface area contributed by atoms with Gasteiger partial charge in [-0.2, -0.15) is 5.26 Å². The van der Waals surface area contributed by atoms with Crippen LogP contribution in [0.25, 0.3) is 0 Å². The van der Waals surface area contributed by atoms with Crippen molar-refractivity contribution in [3.63, 3.8) is 0 Å². The standard InChI is InChI=1S/C18H21N5/c19-13-17-5-6-18(21-15-17)23-11-9-22(10-12-23)8-2-4-16-3-1-7-20-14-16/h1,3,5-7,14-15H,2,4,8-12H2. The number of anilines is 1. The zero-order valence-electron chi connectivity index (χ0n) is 13.2. The molecule has 3 heterocycles. The number of nitrogens with zero attached hydrogens (tertiary/aromatic N) is 5. The van der Waals surface area contributed by atoms with Gasteiger partial charge in [-0.3, -0.25) is 9.88 Å². The molecule has 1 aliphatic heterocycles. The van der Waals surface area contributed by atoms with Crippen molar-refractivity contribution in [1.82, 2.24) is 14.9 Å². The van der Waals surface area contributed by atoms with E-state index in [0.717, 1.165) is 45.0 Å². The van der Waals surface area contributed by atoms with Gasteiger partial charge in [0.2, 0.25) is 0 Å². The van der Waals surface area contributed by atoms with Crippen LogP contribution in [0.15, 0.2) is 42.9 Å². The van der Waals surface area contributed by atoms with Crippen molar-refractivity contribution in [3.05, 3.63) is 54.0 Å². The summed E-state index contributed by atoms with van der Waals surface area (Å²) in [5.74, 6) is 0.971. The topological polar surface area (TPSA) is 56.1 Å². The van der Waals surface area contributed by atoms with Crippen LogP contribution in [0.5, 0.6) is 0 Å². The van der Waals surface area contributed by atoms with Gasteiger partial charge < -0.3 is 4.90 Å². The molecule has 0 aliphatic carbocycles. The second-order valence-corrected chi connectivity index (χ2v) is 5.81. The lowest BCUT2D eigenvalue weighted by Gasteiger charge is -2.35. The monoisotopic (exact) mass is 307 g/mol. The Bertz CT molecular complexity index is 639. The van der Waals surface area contributed by atoms with Crippen molar-refractivity contribution in [3.8, 4) is 6.07 Å². The van der Waals surface area contributed by atoms with Gasteiger partial charge in [0.25, 0.3) is 0 Å². The van der Waals surface area contributed by atoms with Crippen LogP contribution in [0.2, 0.25) is 0 Å². The molecule has 23 heavy (non-hydrogen) atoms. The lowest BCUT2D eigenvalue weighted by atomic mass is 10.1. The number of hydrogen-bond donors (Lipinski definition) is 0. The van der Waals surface area contributed by atoms with Gasteiger partial charge in [-0.15, -0.1) is 0 Å². The fourth-order valence-corrected chi connectivity index (χ4v) is 2.89. The number of rotatable bonds is 5. The Morgan fingerprint density at radius 2 is 1.96 bits per heavy atom. The lowest BCUT2D eigenvalue weighted by molar-refractivity contribution is 0.254. The van der Waals surface area contributed by atoms with Gasteiger partial charge in [-0.05, 0) is 43.1 Å². The highest BCUT2D eigenvalue weighted by molar-refractivity contribution is 5.42. The number of aryl methyl sites for hydroxylation is 1. The minimum absolute atomic E-state index is 0.614. The molecule has 1 aliphatic rings. The number of hydrogen-bond acceptors (Lipinski definition) is 5. The predicted molar refractivity (Wildman–Crippen MR) is 90.2 cm³/mol. The molecule has 0 atom stereocenters. The van der Waals surface area contributed by atoms with Gasteiger partial charge in [0.15, 0.2) is 0 Å². The van der Waals surface area contributed by atoms with E-state index in [4.69, 9.17) is 5.26 Å². The van der Waals surface area contributed by atoms with Crippen LogP contribution in [0.4, 0.5) is 5.82 Å². The third-order valence-corrected chi connectivity index (χ3v) is 4.24. The molecule has 0 amide bonds. The van der Waals surface area contributed by atoms with Gasteiger partial charge in [-0.25, -0.2) is 4.98 Å². The molecule has 1 fully saturated rings. The van der Waals surface area contributed by atoms with Crippen molar-refractivity contribution in [2.24, 2.45) is 0 Å². The van der Waals surface area contributed by atoms with Gasteiger partial charge in [0.05, 0.1) is 5.56 Å². The maximum absolute atomic E-state index is 8.82. The smallest absolute Gasteiger partial charge is 0.128 e. The summed E-state index contributed by atoms with van der Waals surface area (Å²) in [5, 5.41) is 8.82. The minimum atomic E-state index is 0.614. The second kappa shape index (κ2) is 7.70. The van der Waals surface area contributed by atoms with Crippen LogP contribution in [-0.4, -0.2) is 47.6 Å². The molecule has 0 N–H and O–H groups in total. The van der Waals surface area contributed by atoms with E-state index in [1.165, 1.54) is 12.0 Å². The minimum Gasteiger partial charge on any atom is -0.354 e. The molecule has 0 unspecified atom stereocenters. The molecular weight excluding hydrogens is 286 g/mol. The van der Waals surface area contributed by atoms with Crippen molar-refractivity contribution in [2.45, 2.75) is 12.8 Å². The van der Waals surface area contributed by atoms with Gasteiger partial charge in [0, 0.05) is 44.8 Å². The average molecular weight is 307 g/mol. The molecule has 0 radical (unpaired) electrons. The first-order valence-electron chi connectivity index (χ1n) is 8.07. The van der Waals surface area contributed by atoms with Crippen LogP contribution in [-0.2, 0) is 6.42 Å². The maximum atomic E-state index is 8.82.